The molecule has 0 bridgehead atoms. The zero-order chi connectivity index (χ0) is 17.7. The van der Waals surface area contributed by atoms with Crippen LogP contribution in [0.3, 0.4) is 0 Å². The summed E-state index contributed by atoms with van der Waals surface area (Å²) in [7, 11) is 1.86. The van der Waals surface area contributed by atoms with E-state index >= 15 is 0 Å². The van der Waals surface area contributed by atoms with Gasteiger partial charge in [-0.05, 0) is 32.4 Å². The molecule has 0 heterocycles. The van der Waals surface area contributed by atoms with Crippen molar-refractivity contribution >= 4 is 11.4 Å². The molecule has 24 heavy (non-hydrogen) atoms. The maximum atomic E-state index is 11.3. The summed E-state index contributed by atoms with van der Waals surface area (Å²) < 4.78 is 0. The number of nitrogens with zero attached hydrogens (tertiary/aromatic N) is 2. The topological polar surface area (TPSA) is 64.8 Å². The molecule has 0 N–H and O–H groups in total. The monoisotopic (exact) mass is 330 g/mol. The van der Waals surface area contributed by atoms with Crippen LogP contribution in [0.4, 0.5) is 11.4 Å². The second-order valence-corrected chi connectivity index (χ2v) is 6.50. The molecule has 0 amide bonds. The molecular formula is C18H22N2O4. The first-order valence-electron chi connectivity index (χ1n) is 7.66. The van der Waals surface area contributed by atoms with E-state index in [1.54, 1.807) is 12.1 Å². The van der Waals surface area contributed by atoms with Crippen molar-refractivity contribution < 1.29 is 14.7 Å². The fourth-order valence-corrected chi connectivity index (χ4v) is 2.15. The van der Waals surface area contributed by atoms with E-state index in [1.165, 1.54) is 6.07 Å². The van der Waals surface area contributed by atoms with Crippen LogP contribution in [0.2, 0.25) is 0 Å². The lowest BCUT2D eigenvalue weighted by Gasteiger charge is -2.24. The summed E-state index contributed by atoms with van der Waals surface area (Å²) in [5.41, 5.74) is 0.974. The van der Waals surface area contributed by atoms with E-state index in [0.29, 0.717) is 12.2 Å². The number of nitro benzene ring substituents is 1. The third-order valence-corrected chi connectivity index (χ3v) is 3.22. The molecule has 0 aliphatic heterocycles. The minimum Gasteiger partial charge on any atom is -0.367 e. The molecule has 128 valence electrons. The fourth-order valence-electron chi connectivity index (χ4n) is 2.15. The van der Waals surface area contributed by atoms with Gasteiger partial charge in [0.2, 0.25) is 0 Å². The Balaban J connectivity index is 2.33. The lowest BCUT2D eigenvalue weighted by Crippen LogP contribution is -2.23. The molecule has 6 heteroatoms. The first kappa shape index (κ1) is 17.7. The smallest absolute Gasteiger partial charge is 0.317 e. The van der Waals surface area contributed by atoms with Gasteiger partial charge in [-0.2, -0.15) is 4.89 Å². The SMILES string of the molecule is CN(Cc1ccccc1)c1cccc([N+](=O)[O-])c1OOC(C)(C)C. The van der Waals surface area contributed by atoms with Gasteiger partial charge in [0, 0.05) is 19.7 Å². The Labute approximate surface area is 141 Å². The molecule has 0 aliphatic rings. The van der Waals surface area contributed by atoms with E-state index in [1.807, 2.05) is 63.1 Å². The minimum absolute atomic E-state index is 0.107. The molecule has 0 saturated heterocycles. The summed E-state index contributed by atoms with van der Waals surface area (Å²) in [6.07, 6.45) is 0. The van der Waals surface area contributed by atoms with Gasteiger partial charge in [-0.25, -0.2) is 0 Å². The number of nitro groups is 1. The van der Waals surface area contributed by atoms with Gasteiger partial charge < -0.3 is 9.79 Å². The maximum Gasteiger partial charge on any atom is 0.317 e. The molecule has 0 aromatic heterocycles. The van der Waals surface area contributed by atoms with Crippen molar-refractivity contribution in [2.24, 2.45) is 0 Å². The van der Waals surface area contributed by atoms with Gasteiger partial charge in [-0.1, -0.05) is 36.4 Å². The molecule has 0 radical (unpaired) electrons. The van der Waals surface area contributed by atoms with Crippen molar-refractivity contribution in [3.05, 3.63) is 64.2 Å². The fraction of sp³-hybridized carbons (Fsp3) is 0.333. The summed E-state index contributed by atoms with van der Waals surface area (Å²) >= 11 is 0. The number of benzene rings is 2. The molecule has 0 atom stereocenters. The van der Waals surface area contributed by atoms with Gasteiger partial charge in [0.05, 0.1) is 10.6 Å². The van der Waals surface area contributed by atoms with E-state index in [2.05, 4.69) is 0 Å². The normalized spacial score (nSPS) is 11.2. The highest BCUT2D eigenvalue weighted by Crippen LogP contribution is 2.38. The average molecular weight is 330 g/mol. The van der Waals surface area contributed by atoms with Crippen LogP contribution >= 0.6 is 0 Å². The van der Waals surface area contributed by atoms with Crippen molar-refractivity contribution in [2.45, 2.75) is 32.9 Å². The Morgan fingerprint density at radius 2 is 1.75 bits per heavy atom. The zero-order valence-electron chi connectivity index (χ0n) is 14.4. The Hall–Kier alpha value is -2.60. The van der Waals surface area contributed by atoms with Crippen LogP contribution in [0.25, 0.3) is 0 Å². The van der Waals surface area contributed by atoms with Crippen LogP contribution in [-0.2, 0) is 11.4 Å². The molecule has 2 aromatic carbocycles. The standard InChI is InChI=1S/C18H22N2O4/c1-18(2,3)24-23-17-15(11-8-12-16(17)20(21)22)19(4)13-14-9-6-5-7-10-14/h5-12H,13H2,1-4H3. The number of para-hydroxylation sites is 1. The molecule has 0 aliphatic carbocycles. The zero-order valence-corrected chi connectivity index (χ0v) is 14.4. The lowest BCUT2D eigenvalue weighted by atomic mass is 10.2. The first-order valence-corrected chi connectivity index (χ1v) is 7.66. The van der Waals surface area contributed by atoms with Crippen molar-refractivity contribution in [3.63, 3.8) is 0 Å². The highest BCUT2D eigenvalue weighted by molar-refractivity contribution is 5.67. The third kappa shape index (κ3) is 4.70. The van der Waals surface area contributed by atoms with Gasteiger partial charge in [0.25, 0.3) is 5.75 Å². The largest absolute Gasteiger partial charge is 0.367 e. The summed E-state index contributed by atoms with van der Waals surface area (Å²) in [5.74, 6) is 0.107. The predicted molar refractivity (Wildman–Crippen MR) is 93.1 cm³/mol. The van der Waals surface area contributed by atoms with Crippen LogP contribution in [0.15, 0.2) is 48.5 Å². The molecule has 0 spiro atoms. The second-order valence-electron chi connectivity index (χ2n) is 6.50. The molecule has 0 fully saturated rings. The van der Waals surface area contributed by atoms with E-state index < -0.39 is 10.5 Å². The number of anilines is 1. The summed E-state index contributed by atoms with van der Waals surface area (Å²) in [4.78, 5) is 23.4. The van der Waals surface area contributed by atoms with E-state index in [4.69, 9.17) is 9.78 Å². The molecule has 2 rings (SSSR count). The predicted octanol–water partition coefficient (Wildman–Crippen LogP) is 4.34. The Bertz CT molecular complexity index is 696. The highest BCUT2D eigenvalue weighted by atomic mass is 17.2. The van der Waals surface area contributed by atoms with Gasteiger partial charge >= 0.3 is 5.69 Å². The van der Waals surface area contributed by atoms with Crippen molar-refractivity contribution in [2.75, 3.05) is 11.9 Å². The van der Waals surface area contributed by atoms with Crippen LogP contribution in [0.1, 0.15) is 26.3 Å². The van der Waals surface area contributed by atoms with Crippen LogP contribution in [-0.4, -0.2) is 17.6 Å². The Morgan fingerprint density at radius 1 is 1.08 bits per heavy atom. The summed E-state index contributed by atoms with van der Waals surface area (Å²) in [6, 6.07) is 14.7. The molecular weight excluding hydrogens is 308 g/mol. The minimum atomic E-state index is -0.584. The van der Waals surface area contributed by atoms with E-state index in [0.717, 1.165) is 5.56 Å². The van der Waals surface area contributed by atoms with Crippen molar-refractivity contribution in [3.8, 4) is 5.75 Å². The van der Waals surface area contributed by atoms with Gasteiger partial charge in [0.15, 0.2) is 0 Å². The maximum absolute atomic E-state index is 11.3. The van der Waals surface area contributed by atoms with Crippen molar-refractivity contribution in [1.82, 2.24) is 0 Å². The van der Waals surface area contributed by atoms with Crippen molar-refractivity contribution in [1.29, 1.82) is 0 Å². The van der Waals surface area contributed by atoms with Crippen LogP contribution in [0, 0.1) is 10.1 Å². The molecule has 2 aromatic rings. The number of hydrogen-bond donors (Lipinski definition) is 0. The van der Waals surface area contributed by atoms with Crippen LogP contribution in [0.5, 0.6) is 5.75 Å². The van der Waals surface area contributed by atoms with Gasteiger partial charge in [-0.3, -0.25) is 10.1 Å². The van der Waals surface area contributed by atoms with Gasteiger partial charge in [0.1, 0.15) is 5.60 Å². The molecule has 0 saturated carbocycles. The van der Waals surface area contributed by atoms with Gasteiger partial charge in [-0.15, -0.1) is 0 Å². The van der Waals surface area contributed by atoms with E-state index in [-0.39, 0.29) is 11.4 Å². The Morgan fingerprint density at radius 3 is 2.33 bits per heavy atom. The highest BCUT2D eigenvalue weighted by Gasteiger charge is 2.25. The third-order valence-electron chi connectivity index (χ3n) is 3.22. The van der Waals surface area contributed by atoms with E-state index in [9.17, 15) is 10.1 Å². The molecule has 6 nitrogen and oxygen atoms in total. The quantitative estimate of drug-likeness (QED) is 0.448. The first-order chi connectivity index (χ1) is 11.3. The second kappa shape index (κ2) is 7.31. The Kier molecular flexibility index (Phi) is 5.41. The van der Waals surface area contributed by atoms with Crippen LogP contribution < -0.4 is 9.79 Å². The summed E-state index contributed by atoms with van der Waals surface area (Å²) in [5, 5.41) is 11.3. The number of hydrogen-bond acceptors (Lipinski definition) is 5. The number of rotatable bonds is 6. The molecule has 0 unspecified atom stereocenters. The summed E-state index contributed by atoms with van der Waals surface area (Å²) in [6.45, 7) is 6.03. The average Bonchev–Trinajstić information content (AvgIpc) is 2.52. The lowest BCUT2D eigenvalue weighted by molar-refractivity contribution is -0.390.